The van der Waals surface area contributed by atoms with Gasteiger partial charge >= 0.3 is 0 Å². The van der Waals surface area contributed by atoms with Gasteiger partial charge in [-0.3, -0.25) is 0 Å². The molecule has 106 valence electrons. The van der Waals surface area contributed by atoms with E-state index in [4.69, 9.17) is 4.74 Å². The van der Waals surface area contributed by atoms with Gasteiger partial charge in [0.2, 0.25) is 0 Å². The Morgan fingerprint density at radius 1 is 0.950 bits per heavy atom. The van der Waals surface area contributed by atoms with Gasteiger partial charge in [0.1, 0.15) is 5.75 Å². The Balaban J connectivity index is 2.27. The highest BCUT2D eigenvalue weighted by Gasteiger charge is 2.13. The summed E-state index contributed by atoms with van der Waals surface area (Å²) in [5.41, 5.74) is 5.53. The number of aliphatic hydroxyl groups excluding tert-OH is 1. The molecule has 0 heterocycles. The van der Waals surface area contributed by atoms with E-state index in [-0.39, 0.29) is 0 Å². The van der Waals surface area contributed by atoms with Crippen LogP contribution in [-0.4, -0.2) is 12.2 Å². The second kappa shape index (κ2) is 6.10. The molecule has 2 nitrogen and oxygen atoms in total. The summed E-state index contributed by atoms with van der Waals surface area (Å²) in [6.07, 6.45) is 0.0533. The zero-order valence-electron chi connectivity index (χ0n) is 12.6. The topological polar surface area (TPSA) is 29.5 Å². The molecule has 0 fully saturated rings. The summed E-state index contributed by atoms with van der Waals surface area (Å²) in [6, 6.07) is 12.2. The number of rotatable bonds is 4. The van der Waals surface area contributed by atoms with Crippen LogP contribution in [0.5, 0.6) is 5.75 Å². The van der Waals surface area contributed by atoms with E-state index in [2.05, 4.69) is 26.0 Å². The summed E-state index contributed by atoms with van der Waals surface area (Å²) in [5, 5.41) is 10.5. The minimum atomic E-state index is -0.510. The van der Waals surface area contributed by atoms with Crippen LogP contribution in [0.2, 0.25) is 0 Å². The van der Waals surface area contributed by atoms with E-state index in [9.17, 15) is 5.11 Å². The molecular weight excluding hydrogens is 248 g/mol. The lowest BCUT2D eigenvalue weighted by Gasteiger charge is -2.15. The Bertz CT molecular complexity index is 582. The Kier molecular flexibility index (Phi) is 4.46. The zero-order valence-corrected chi connectivity index (χ0v) is 12.6. The smallest absolute Gasteiger partial charge is 0.122 e. The molecular formula is C18H22O2. The highest BCUT2D eigenvalue weighted by atomic mass is 16.5. The lowest BCUT2D eigenvalue weighted by molar-refractivity contribution is 0.177. The molecule has 0 radical (unpaired) electrons. The molecule has 1 N–H and O–H groups in total. The van der Waals surface area contributed by atoms with Crippen LogP contribution in [0.3, 0.4) is 0 Å². The van der Waals surface area contributed by atoms with Gasteiger partial charge in [0.15, 0.2) is 0 Å². The summed E-state index contributed by atoms with van der Waals surface area (Å²) in [7, 11) is 1.66. The summed E-state index contributed by atoms with van der Waals surface area (Å²) < 4.78 is 5.37. The number of benzene rings is 2. The molecule has 0 spiro atoms. The normalized spacial score (nSPS) is 12.2. The molecule has 0 aromatic heterocycles. The average molecular weight is 270 g/mol. The maximum atomic E-state index is 10.5. The lowest BCUT2D eigenvalue weighted by atomic mass is 9.97. The molecule has 1 atom stereocenters. The Labute approximate surface area is 121 Å². The van der Waals surface area contributed by atoms with Gasteiger partial charge in [0, 0.05) is 6.42 Å². The highest BCUT2D eigenvalue weighted by molar-refractivity contribution is 5.39. The quantitative estimate of drug-likeness (QED) is 0.913. The summed E-state index contributed by atoms with van der Waals surface area (Å²) >= 11 is 0. The molecule has 0 aliphatic heterocycles. The third-order valence-corrected chi connectivity index (χ3v) is 3.48. The van der Waals surface area contributed by atoms with Gasteiger partial charge in [-0.1, -0.05) is 47.0 Å². The van der Waals surface area contributed by atoms with Crippen molar-refractivity contribution in [3.63, 3.8) is 0 Å². The largest absolute Gasteiger partial charge is 0.496 e. The van der Waals surface area contributed by atoms with Gasteiger partial charge in [-0.25, -0.2) is 0 Å². The molecule has 0 bridgehead atoms. The minimum Gasteiger partial charge on any atom is -0.496 e. The summed E-state index contributed by atoms with van der Waals surface area (Å²) in [4.78, 5) is 0. The fraction of sp³-hybridized carbons (Fsp3) is 0.333. The van der Waals surface area contributed by atoms with Crippen LogP contribution >= 0.6 is 0 Å². The van der Waals surface area contributed by atoms with Crippen molar-refractivity contribution in [1.82, 2.24) is 0 Å². The maximum Gasteiger partial charge on any atom is 0.122 e. The number of hydrogen-bond donors (Lipinski definition) is 1. The second-order valence-electron chi connectivity index (χ2n) is 5.46. The van der Waals surface area contributed by atoms with E-state index in [0.29, 0.717) is 6.42 Å². The third kappa shape index (κ3) is 3.40. The number of methoxy groups -OCH3 is 1. The molecule has 0 amide bonds. The van der Waals surface area contributed by atoms with E-state index in [1.54, 1.807) is 7.11 Å². The van der Waals surface area contributed by atoms with Crippen molar-refractivity contribution < 1.29 is 9.84 Å². The molecule has 0 aliphatic carbocycles. The van der Waals surface area contributed by atoms with Crippen molar-refractivity contribution in [3.05, 3.63) is 64.2 Å². The molecule has 0 aliphatic rings. The molecule has 0 saturated heterocycles. The van der Waals surface area contributed by atoms with Gasteiger partial charge < -0.3 is 9.84 Å². The highest BCUT2D eigenvalue weighted by Crippen LogP contribution is 2.27. The van der Waals surface area contributed by atoms with Crippen LogP contribution in [-0.2, 0) is 6.42 Å². The zero-order chi connectivity index (χ0) is 14.7. The van der Waals surface area contributed by atoms with Gasteiger partial charge in [-0.15, -0.1) is 0 Å². The van der Waals surface area contributed by atoms with Crippen LogP contribution in [0.25, 0.3) is 0 Å². The van der Waals surface area contributed by atoms with Crippen LogP contribution in [0, 0.1) is 20.8 Å². The summed E-state index contributed by atoms with van der Waals surface area (Å²) in [5.74, 6) is 0.832. The molecule has 2 aromatic rings. The predicted molar refractivity (Wildman–Crippen MR) is 82.3 cm³/mol. The molecule has 0 saturated carbocycles. The maximum absolute atomic E-state index is 10.5. The number of ether oxygens (including phenoxy) is 1. The molecule has 2 aromatic carbocycles. The van der Waals surface area contributed by atoms with Crippen molar-refractivity contribution in [3.8, 4) is 5.75 Å². The van der Waals surface area contributed by atoms with Crippen molar-refractivity contribution >= 4 is 0 Å². The van der Waals surface area contributed by atoms with Crippen molar-refractivity contribution in [2.45, 2.75) is 33.3 Å². The van der Waals surface area contributed by atoms with Crippen LogP contribution in [0.4, 0.5) is 0 Å². The van der Waals surface area contributed by atoms with Gasteiger partial charge in [-0.2, -0.15) is 0 Å². The molecule has 20 heavy (non-hydrogen) atoms. The predicted octanol–water partition coefficient (Wildman–Crippen LogP) is 3.90. The first kappa shape index (κ1) is 14.6. The first-order valence-corrected chi connectivity index (χ1v) is 6.89. The van der Waals surface area contributed by atoms with E-state index in [1.807, 2.05) is 31.2 Å². The van der Waals surface area contributed by atoms with Crippen molar-refractivity contribution in [2.24, 2.45) is 0 Å². The second-order valence-corrected chi connectivity index (χ2v) is 5.46. The lowest BCUT2D eigenvalue weighted by Crippen LogP contribution is -2.04. The molecule has 1 unspecified atom stereocenters. The Hall–Kier alpha value is -1.80. The number of aliphatic hydroxyl groups is 1. The Morgan fingerprint density at radius 3 is 2.20 bits per heavy atom. The van der Waals surface area contributed by atoms with E-state index >= 15 is 0 Å². The first-order chi connectivity index (χ1) is 9.49. The number of hydrogen-bond acceptors (Lipinski definition) is 2. The van der Waals surface area contributed by atoms with Gasteiger partial charge in [0.05, 0.1) is 13.2 Å². The molecule has 2 rings (SSSR count). The average Bonchev–Trinajstić information content (AvgIpc) is 2.37. The monoisotopic (exact) mass is 270 g/mol. The third-order valence-electron chi connectivity index (χ3n) is 3.48. The standard InChI is InChI=1S/C18H22O2/c1-12-5-6-18(20-4)16(8-12)11-17(19)15-9-13(2)7-14(3)10-15/h5-10,17,19H,11H2,1-4H3. The Morgan fingerprint density at radius 2 is 1.60 bits per heavy atom. The van der Waals surface area contributed by atoms with E-state index in [1.165, 1.54) is 16.7 Å². The summed E-state index contributed by atoms with van der Waals surface area (Å²) in [6.45, 7) is 6.15. The fourth-order valence-electron chi connectivity index (χ4n) is 2.60. The van der Waals surface area contributed by atoms with E-state index in [0.717, 1.165) is 16.9 Å². The van der Waals surface area contributed by atoms with Gasteiger partial charge in [0.25, 0.3) is 0 Å². The van der Waals surface area contributed by atoms with Crippen LogP contribution < -0.4 is 4.74 Å². The van der Waals surface area contributed by atoms with E-state index < -0.39 is 6.10 Å². The van der Waals surface area contributed by atoms with Crippen LogP contribution in [0.15, 0.2) is 36.4 Å². The SMILES string of the molecule is COc1ccc(C)cc1CC(O)c1cc(C)cc(C)c1. The fourth-order valence-corrected chi connectivity index (χ4v) is 2.60. The first-order valence-electron chi connectivity index (χ1n) is 6.89. The molecule has 2 heteroatoms. The van der Waals surface area contributed by atoms with Crippen LogP contribution in [0.1, 0.15) is 33.9 Å². The van der Waals surface area contributed by atoms with Crippen molar-refractivity contribution in [2.75, 3.05) is 7.11 Å². The number of aryl methyl sites for hydroxylation is 3. The van der Waals surface area contributed by atoms with Gasteiger partial charge in [-0.05, 0) is 38.0 Å². The minimum absolute atomic E-state index is 0.510. The van der Waals surface area contributed by atoms with Crippen molar-refractivity contribution in [1.29, 1.82) is 0 Å².